The molecule has 0 spiro atoms. The minimum absolute atomic E-state index is 0. The molecule has 0 aromatic heterocycles. The first kappa shape index (κ1) is 22.9. The number of carbonyl (C=O) groups is 1. The second-order valence-electron chi connectivity index (χ2n) is 0.824. The smallest absolute Gasteiger partial charge is 0.794 e. The van der Waals surface area contributed by atoms with Crippen molar-refractivity contribution in [1.82, 2.24) is 0 Å². The van der Waals surface area contributed by atoms with Gasteiger partial charge in [-0.3, -0.25) is 0 Å². The van der Waals surface area contributed by atoms with Gasteiger partial charge in [0.1, 0.15) is 0 Å². The van der Waals surface area contributed by atoms with Gasteiger partial charge in [0.05, 0.1) is 0 Å². The predicted octanol–water partition coefficient (Wildman–Crippen LogP) is -9.06. The number of rotatable bonds is 0. The van der Waals surface area contributed by atoms with Gasteiger partial charge in [0.25, 0.3) is 0 Å². The van der Waals surface area contributed by atoms with Crippen molar-refractivity contribution in [1.29, 1.82) is 0 Å². The average molecular weight is 218 g/mol. The molecule has 0 fully saturated rings. The maximum Gasteiger partial charge on any atom is 2.00 e. The molecule has 11 heavy (non-hydrogen) atoms. The van der Waals surface area contributed by atoms with Gasteiger partial charge in [-0.2, -0.15) is 0 Å². The molecule has 7 nitrogen and oxygen atoms in total. The van der Waals surface area contributed by atoms with E-state index in [2.05, 4.69) is 0 Å². The Morgan fingerprint density at radius 3 is 1.18 bits per heavy atom. The van der Waals surface area contributed by atoms with Crippen molar-refractivity contribution in [3.63, 3.8) is 0 Å². The van der Waals surface area contributed by atoms with Crippen LogP contribution in [0.15, 0.2) is 0 Å². The normalized spacial score (nSPS) is 7.64. The van der Waals surface area contributed by atoms with Gasteiger partial charge in [-0.05, 0) is 6.16 Å². The van der Waals surface area contributed by atoms with Gasteiger partial charge >= 0.3 is 76.3 Å². The molecule has 0 saturated heterocycles. The summed E-state index contributed by atoms with van der Waals surface area (Å²) in [4.78, 5) is 38.9. The van der Waals surface area contributed by atoms with E-state index in [1.54, 1.807) is 0 Å². The molecule has 0 unspecified atom stereocenters. The number of hydrogen-bond donors (Lipinski definition) is 3. The molecule has 56 valence electrons. The van der Waals surface area contributed by atoms with Crippen LogP contribution in [0.3, 0.4) is 0 Å². The Kier molecular flexibility index (Phi) is 24.1. The third-order valence-corrected chi connectivity index (χ3v) is 0. The molecule has 10 heteroatoms. The third-order valence-electron chi connectivity index (χ3n) is 0. The molecule has 3 N–H and O–H groups in total. The van der Waals surface area contributed by atoms with Crippen LogP contribution in [0.4, 0.5) is 4.79 Å². The molecule has 0 bridgehead atoms. The number of carbonyl (C=O) groups excluding carboxylic acids is 1. The van der Waals surface area contributed by atoms with E-state index in [4.69, 9.17) is 34.2 Å². The summed E-state index contributed by atoms with van der Waals surface area (Å²) in [6.07, 6.45) is -2.33. The van der Waals surface area contributed by atoms with Gasteiger partial charge in [-0.25, -0.2) is 0 Å². The van der Waals surface area contributed by atoms with Crippen LogP contribution >= 0.6 is 0 Å². The quantitative estimate of drug-likeness (QED) is 0.342. The molecular formula is CH3CaNaO7Si. The zero-order chi connectivity index (χ0) is 8.08. The summed E-state index contributed by atoms with van der Waals surface area (Å²) in [5, 5.41) is 16.7. The summed E-state index contributed by atoms with van der Waals surface area (Å²) in [6.45, 7) is 0. The summed E-state index contributed by atoms with van der Waals surface area (Å²) in [5.41, 5.74) is 0. The molecule has 0 saturated carbocycles. The van der Waals surface area contributed by atoms with Crippen LogP contribution < -0.4 is 44.6 Å². The van der Waals surface area contributed by atoms with E-state index >= 15 is 0 Å². The summed E-state index contributed by atoms with van der Waals surface area (Å²) >= 11 is 0. The van der Waals surface area contributed by atoms with E-state index in [0.29, 0.717) is 0 Å². The summed E-state index contributed by atoms with van der Waals surface area (Å²) in [7, 11) is -4.86. The maximum atomic E-state index is 8.91. The molecule has 0 heterocycles. The maximum absolute atomic E-state index is 8.91. The second kappa shape index (κ2) is 11.6. The van der Waals surface area contributed by atoms with Crippen LogP contribution in [0.2, 0.25) is 0 Å². The van der Waals surface area contributed by atoms with Crippen LogP contribution in [0.5, 0.6) is 0 Å². The van der Waals surface area contributed by atoms with Gasteiger partial charge in [0.15, 0.2) is 0 Å². The van der Waals surface area contributed by atoms with Crippen molar-refractivity contribution in [2.45, 2.75) is 0 Å². The van der Waals surface area contributed by atoms with Gasteiger partial charge in [-0.1, -0.05) is 0 Å². The summed E-state index contributed by atoms with van der Waals surface area (Å²) in [5.74, 6) is 0. The Morgan fingerprint density at radius 2 is 1.18 bits per heavy atom. The fourth-order valence-electron chi connectivity index (χ4n) is 0. The SMILES string of the molecule is O=C([O-])[O-].[Ca+2].[Na+].[O-][Si](O)(O)O. The van der Waals surface area contributed by atoms with Crippen molar-refractivity contribution < 1.29 is 63.7 Å². The minimum atomic E-state index is -4.86. The van der Waals surface area contributed by atoms with E-state index in [1.165, 1.54) is 0 Å². The Bertz CT molecular complexity index is 80.9. The first-order valence-corrected chi connectivity index (χ1v) is 3.24. The van der Waals surface area contributed by atoms with Crippen LogP contribution in [0.25, 0.3) is 0 Å². The first-order valence-electron chi connectivity index (χ1n) is 1.49. The number of carboxylic acid groups (broad SMARTS) is 2. The van der Waals surface area contributed by atoms with Crippen LogP contribution in [0.1, 0.15) is 0 Å². The summed E-state index contributed by atoms with van der Waals surface area (Å²) in [6, 6.07) is 0. The average Bonchev–Trinajstić information content (AvgIpc) is 1.19. The molecular weight excluding hydrogens is 215 g/mol. The molecule has 0 aromatic rings. The van der Waals surface area contributed by atoms with Crippen LogP contribution in [-0.4, -0.2) is 67.3 Å². The zero-order valence-electron chi connectivity index (χ0n) is 5.68. The van der Waals surface area contributed by atoms with E-state index in [1.807, 2.05) is 0 Å². The Hall–Kier alpha value is 1.59. The van der Waals surface area contributed by atoms with Crippen molar-refractivity contribution >= 4 is 52.9 Å². The van der Waals surface area contributed by atoms with E-state index < -0.39 is 15.2 Å². The van der Waals surface area contributed by atoms with Gasteiger partial charge in [0, 0.05) is 0 Å². The molecule has 0 aliphatic carbocycles. The van der Waals surface area contributed by atoms with Gasteiger partial charge in [0.2, 0.25) is 0 Å². The Labute approximate surface area is 115 Å². The standard InChI is InChI=1S/CH2O3.Ca.Na.H3O4Si/c2-1(3)4;;;1-5(2,3)4/h(H2,2,3,4);;;1-3H/q;+2;+1;-1/p-2. The second-order valence-corrected chi connectivity index (χ2v) is 1.97. The fourth-order valence-corrected chi connectivity index (χ4v) is 0. The molecule has 0 radical (unpaired) electrons. The number of hydrogen-bond acceptors (Lipinski definition) is 7. The molecule has 0 aliphatic heterocycles. The largest absolute Gasteiger partial charge is 2.00 e. The van der Waals surface area contributed by atoms with Crippen molar-refractivity contribution in [3.8, 4) is 0 Å². The van der Waals surface area contributed by atoms with Crippen molar-refractivity contribution in [2.75, 3.05) is 0 Å². The van der Waals surface area contributed by atoms with E-state index in [9.17, 15) is 0 Å². The molecule has 0 amide bonds. The molecule has 0 atom stereocenters. The van der Waals surface area contributed by atoms with Crippen LogP contribution in [0, 0.1) is 0 Å². The molecule has 0 rings (SSSR count). The monoisotopic (exact) mass is 218 g/mol. The molecule has 0 aliphatic rings. The zero-order valence-corrected chi connectivity index (χ0v) is 10.9. The summed E-state index contributed by atoms with van der Waals surface area (Å²) < 4.78 is 0. The van der Waals surface area contributed by atoms with Gasteiger partial charge in [-0.15, -0.1) is 0 Å². The Balaban J connectivity index is -0.0000000383. The van der Waals surface area contributed by atoms with E-state index in [0.717, 1.165) is 0 Å². The van der Waals surface area contributed by atoms with Crippen molar-refractivity contribution in [3.05, 3.63) is 0 Å². The predicted molar refractivity (Wildman–Crippen MR) is 23.6 cm³/mol. The van der Waals surface area contributed by atoms with Crippen molar-refractivity contribution in [2.24, 2.45) is 0 Å². The third kappa shape index (κ3) is 423. The Morgan fingerprint density at radius 1 is 1.18 bits per heavy atom. The minimum Gasteiger partial charge on any atom is -0.794 e. The topological polar surface area (TPSA) is 147 Å². The fraction of sp³-hybridized carbons (Fsp3) is 0. The first-order chi connectivity index (χ1) is 3.73. The van der Waals surface area contributed by atoms with E-state index in [-0.39, 0.29) is 67.3 Å². The van der Waals surface area contributed by atoms with Crippen LogP contribution in [-0.2, 0) is 0 Å². The van der Waals surface area contributed by atoms with Gasteiger partial charge < -0.3 is 34.2 Å². The molecule has 0 aromatic carbocycles.